The lowest BCUT2D eigenvalue weighted by Gasteiger charge is -2.27. The van der Waals surface area contributed by atoms with E-state index in [4.69, 9.17) is 5.11 Å². The van der Waals surface area contributed by atoms with Gasteiger partial charge in [0.05, 0.1) is 0 Å². The highest BCUT2D eigenvalue weighted by Crippen LogP contribution is 2.33. The van der Waals surface area contributed by atoms with E-state index in [1.807, 2.05) is 12.1 Å². The Hall–Kier alpha value is -2.29. The molecule has 0 fully saturated rings. The second-order valence-corrected chi connectivity index (χ2v) is 7.34. The Morgan fingerprint density at radius 3 is 1.57 bits per heavy atom. The summed E-state index contributed by atoms with van der Waals surface area (Å²) in [6, 6.07) is 15.9. The van der Waals surface area contributed by atoms with Crippen LogP contribution in [0.3, 0.4) is 0 Å². The smallest absolute Gasteiger partial charge is 0.449 e. The highest BCUT2D eigenvalue weighted by atomic mass is 16.7. The largest absolute Gasteiger partial charge is 0.511 e. The van der Waals surface area contributed by atoms with Crippen molar-refractivity contribution in [3.8, 4) is 5.75 Å². The van der Waals surface area contributed by atoms with Gasteiger partial charge < -0.3 is 9.84 Å². The molecular formula is C20H24O3. The number of hydrogen-bond acceptors (Lipinski definition) is 2. The van der Waals surface area contributed by atoms with Crippen LogP contribution in [-0.2, 0) is 10.8 Å². The predicted molar refractivity (Wildman–Crippen MR) is 92.4 cm³/mol. The molecule has 2 aromatic carbocycles. The summed E-state index contributed by atoms with van der Waals surface area (Å²) in [5.74, 6) is 0.333. The van der Waals surface area contributed by atoms with Crippen molar-refractivity contribution in [1.29, 1.82) is 0 Å². The maximum absolute atomic E-state index is 10.6. The third-order valence-electron chi connectivity index (χ3n) is 4.25. The Kier molecular flexibility index (Phi) is 4.51. The number of carbonyl (C=O) groups is 1. The van der Waals surface area contributed by atoms with E-state index in [0.29, 0.717) is 5.75 Å². The Labute approximate surface area is 137 Å². The second kappa shape index (κ2) is 6.07. The third kappa shape index (κ3) is 3.92. The van der Waals surface area contributed by atoms with Crippen LogP contribution >= 0.6 is 0 Å². The van der Waals surface area contributed by atoms with E-state index in [0.717, 1.165) is 5.56 Å². The molecule has 0 aliphatic carbocycles. The van der Waals surface area contributed by atoms with Gasteiger partial charge in [0.2, 0.25) is 0 Å². The van der Waals surface area contributed by atoms with Gasteiger partial charge in [-0.3, -0.25) is 0 Å². The minimum atomic E-state index is -1.30. The lowest BCUT2D eigenvalue weighted by Crippen LogP contribution is -2.19. The van der Waals surface area contributed by atoms with E-state index < -0.39 is 6.16 Å². The average Bonchev–Trinajstić information content (AvgIpc) is 2.46. The van der Waals surface area contributed by atoms with Crippen LogP contribution in [0, 0.1) is 0 Å². The molecular weight excluding hydrogens is 288 g/mol. The molecule has 1 N–H and O–H groups in total. The minimum Gasteiger partial charge on any atom is -0.449 e. The van der Waals surface area contributed by atoms with Gasteiger partial charge in [0.25, 0.3) is 0 Å². The third-order valence-corrected chi connectivity index (χ3v) is 4.25. The minimum absolute atomic E-state index is 0.137. The lowest BCUT2D eigenvalue weighted by molar-refractivity contribution is 0.144. The molecule has 0 aromatic heterocycles. The number of carboxylic acid groups (broad SMARTS) is 1. The maximum Gasteiger partial charge on any atom is 0.511 e. The summed E-state index contributed by atoms with van der Waals surface area (Å²) in [6.07, 6.45) is -1.30. The first-order chi connectivity index (χ1) is 10.6. The molecule has 2 rings (SSSR count). The van der Waals surface area contributed by atoms with Crippen molar-refractivity contribution in [2.45, 2.75) is 45.4 Å². The van der Waals surface area contributed by atoms with E-state index in [-0.39, 0.29) is 10.8 Å². The van der Waals surface area contributed by atoms with Crippen molar-refractivity contribution in [2.24, 2.45) is 0 Å². The summed E-state index contributed by atoms with van der Waals surface area (Å²) in [7, 11) is 0. The summed E-state index contributed by atoms with van der Waals surface area (Å²) in [5.41, 5.74) is 3.61. The molecule has 0 amide bonds. The van der Waals surface area contributed by atoms with Gasteiger partial charge in [-0.25, -0.2) is 4.79 Å². The number of benzene rings is 2. The molecule has 3 nitrogen and oxygen atoms in total. The van der Waals surface area contributed by atoms with Crippen LogP contribution in [0.1, 0.15) is 51.3 Å². The molecule has 2 aromatic rings. The number of rotatable bonds is 3. The van der Waals surface area contributed by atoms with Crippen molar-refractivity contribution in [1.82, 2.24) is 0 Å². The van der Waals surface area contributed by atoms with Crippen LogP contribution in [0.15, 0.2) is 48.5 Å². The Balaban J connectivity index is 2.28. The van der Waals surface area contributed by atoms with Crippen LogP contribution in [-0.4, -0.2) is 11.3 Å². The SMILES string of the molecule is CC(C)(C)c1ccc(C(C)(C)c2ccc(OC(=O)O)cc2)cc1. The monoisotopic (exact) mass is 312 g/mol. The first-order valence-electron chi connectivity index (χ1n) is 7.73. The molecule has 0 aliphatic rings. The van der Waals surface area contributed by atoms with Gasteiger partial charge in [-0.2, -0.15) is 0 Å². The molecule has 122 valence electrons. The van der Waals surface area contributed by atoms with Crippen molar-refractivity contribution in [2.75, 3.05) is 0 Å². The van der Waals surface area contributed by atoms with Gasteiger partial charge in [-0.1, -0.05) is 71.0 Å². The Morgan fingerprint density at radius 2 is 1.17 bits per heavy atom. The molecule has 0 unspecified atom stereocenters. The van der Waals surface area contributed by atoms with Gasteiger partial charge in [0, 0.05) is 5.41 Å². The van der Waals surface area contributed by atoms with E-state index in [9.17, 15) is 4.79 Å². The van der Waals surface area contributed by atoms with Crippen molar-refractivity contribution < 1.29 is 14.6 Å². The molecule has 23 heavy (non-hydrogen) atoms. The number of ether oxygens (including phenoxy) is 1. The molecule has 0 saturated carbocycles. The normalized spacial score (nSPS) is 12.0. The van der Waals surface area contributed by atoms with Gasteiger partial charge in [-0.15, -0.1) is 0 Å². The fourth-order valence-corrected chi connectivity index (χ4v) is 2.59. The zero-order valence-corrected chi connectivity index (χ0v) is 14.4. The second-order valence-electron chi connectivity index (χ2n) is 7.34. The molecule has 3 heteroatoms. The van der Waals surface area contributed by atoms with Crippen LogP contribution < -0.4 is 4.74 Å². The van der Waals surface area contributed by atoms with E-state index in [2.05, 4.69) is 63.6 Å². The van der Waals surface area contributed by atoms with Crippen molar-refractivity contribution in [3.05, 3.63) is 65.2 Å². The predicted octanol–water partition coefficient (Wildman–Crippen LogP) is 5.37. The highest BCUT2D eigenvalue weighted by molar-refractivity contribution is 5.61. The lowest BCUT2D eigenvalue weighted by atomic mass is 9.77. The Morgan fingerprint density at radius 1 is 0.783 bits per heavy atom. The topological polar surface area (TPSA) is 46.5 Å². The zero-order valence-electron chi connectivity index (χ0n) is 14.4. The van der Waals surface area contributed by atoms with Gasteiger partial charge in [0.15, 0.2) is 0 Å². The molecule has 0 bridgehead atoms. The summed E-state index contributed by atoms with van der Waals surface area (Å²) >= 11 is 0. The first kappa shape index (κ1) is 17.1. The van der Waals surface area contributed by atoms with Crippen molar-refractivity contribution in [3.63, 3.8) is 0 Å². The van der Waals surface area contributed by atoms with Gasteiger partial charge in [-0.05, 0) is 34.2 Å². The summed E-state index contributed by atoms with van der Waals surface area (Å²) in [5, 5.41) is 8.64. The standard InChI is InChI=1S/C20H24O3/c1-19(2,3)14-6-8-15(9-7-14)20(4,5)16-10-12-17(13-11-16)23-18(21)22/h6-13H,1-5H3,(H,21,22). The van der Waals surface area contributed by atoms with Crippen LogP contribution in [0.4, 0.5) is 4.79 Å². The summed E-state index contributed by atoms with van der Waals surface area (Å²) in [4.78, 5) is 10.6. The molecule has 0 radical (unpaired) electrons. The van der Waals surface area contributed by atoms with Crippen LogP contribution in [0.2, 0.25) is 0 Å². The molecule has 0 saturated heterocycles. The zero-order chi connectivity index (χ0) is 17.3. The summed E-state index contributed by atoms with van der Waals surface area (Å²) < 4.78 is 4.66. The average molecular weight is 312 g/mol. The summed E-state index contributed by atoms with van der Waals surface area (Å²) in [6.45, 7) is 10.9. The fraction of sp³-hybridized carbons (Fsp3) is 0.350. The van der Waals surface area contributed by atoms with E-state index >= 15 is 0 Å². The fourth-order valence-electron chi connectivity index (χ4n) is 2.59. The molecule has 0 spiro atoms. The van der Waals surface area contributed by atoms with Crippen molar-refractivity contribution >= 4 is 6.16 Å². The van der Waals surface area contributed by atoms with Gasteiger partial charge in [0.1, 0.15) is 5.75 Å². The van der Waals surface area contributed by atoms with Gasteiger partial charge >= 0.3 is 6.16 Å². The van der Waals surface area contributed by atoms with E-state index in [1.54, 1.807) is 12.1 Å². The quantitative estimate of drug-likeness (QED) is 0.612. The van der Waals surface area contributed by atoms with Crippen LogP contribution in [0.5, 0.6) is 5.75 Å². The number of hydrogen-bond donors (Lipinski definition) is 1. The van der Waals surface area contributed by atoms with E-state index in [1.165, 1.54) is 11.1 Å². The Bertz CT molecular complexity index is 674. The molecule has 0 heterocycles. The molecule has 0 atom stereocenters. The molecule has 0 aliphatic heterocycles. The maximum atomic E-state index is 10.6. The highest BCUT2D eigenvalue weighted by Gasteiger charge is 2.24. The van der Waals surface area contributed by atoms with Crippen LogP contribution in [0.25, 0.3) is 0 Å². The first-order valence-corrected chi connectivity index (χ1v) is 7.73.